The molecule has 2 rings (SSSR count). The van der Waals surface area contributed by atoms with Gasteiger partial charge in [0.05, 0.1) is 4.92 Å². The van der Waals surface area contributed by atoms with E-state index in [1.165, 1.54) is 36.4 Å². The van der Waals surface area contributed by atoms with E-state index in [2.05, 4.69) is 4.72 Å². The van der Waals surface area contributed by atoms with Gasteiger partial charge in [0.2, 0.25) is 10.0 Å². The van der Waals surface area contributed by atoms with Crippen LogP contribution in [-0.2, 0) is 16.6 Å². The molecule has 110 valence electrons. The van der Waals surface area contributed by atoms with Crippen molar-refractivity contribution in [2.75, 3.05) is 0 Å². The van der Waals surface area contributed by atoms with Gasteiger partial charge in [-0.15, -0.1) is 0 Å². The van der Waals surface area contributed by atoms with E-state index < -0.39 is 25.7 Å². The Kier molecular flexibility index (Phi) is 4.29. The van der Waals surface area contributed by atoms with Crippen LogP contribution in [0.25, 0.3) is 0 Å². The van der Waals surface area contributed by atoms with E-state index in [1.807, 2.05) is 0 Å². The second-order valence-electron chi connectivity index (χ2n) is 4.18. The first-order chi connectivity index (χ1) is 9.90. The lowest BCUT2D eigenvalue weighted by Gasteiger charge is -2.07. The number of hydrogen-bond donors (Lipinski definition) is 1. The average Bonchev–Trinajstić information content (AvgIpc) is 2.46. The van der Waals surface area contributed by atoms with Crippen molar-refractivity contribution in [3.05, 3.63) is 70.0 Å². The smallest absolute Gasteiger partial charge is 0.258 e. The fraction of sp³-hybridized carbons (Fsp3) is 0.0769. The molecule has 21 heavy (non-hydrogen) atoms. The quantitative estimate of drug-likeness (QED) is 0.677. The fourth-order valence-electron chi connectivity index (χ4n) is 1.65. The molecule has 0 aliphatic heterocycles. The van der Waals surface area contributed by atoms with Gasteiger partial charge in [-0.1, -0.05) is 24.3 Å². The minimum Gasteiger partial charge on any atom is -0.258 e. The molecule has 0 unspecified atom stereocenters. The van der Waals surface area contributed by atoms with Crippen molar-refractivity contribution in [1.82, 2.24) is 4.72 Å². The van der Waals surface area contributed by atoms with E-state index in [-0.39, 0.29) is 12.2 Å². The molecule has 0 saturated carbocycles. The summed E-state index contributed by atoms with van der Waals surface area (Å²) in [5.74, 6) is -0.839. The highest BCUT2D eigenvalue weighted by Gasteiger charge is 2.18. The largest absolute Gasteiger partial charge is 0.269 e. The van der Waals surface area contributed by atoms with Crippen LogP contribution >= 0.6 is 0 Å². The maximum Gasteiger partial charge on any atom is 0.269 e. The topological polar surface area (TPSA) is 89.3 Å². The molecule has 2 aromatic carbocycles. The standard InChI is InChI=1S/C13H11FN2O4S/c14-12-3-1-2-4-13(12)21(19,20)15-9-10-5-7-11(8-6-10)16(17)18/h1-8,15H,9H2. The molecule has 1 N–H and O–H groups in total. The van der Waals surface area contributed by atoms with Gasteiger partial charge in [-0.05, 0) is 17.7 Å². The fourth-order valence-corrected chi connectivity index (χ4v) is 2.75. The number of non-ortho nitro benzene ring substituents is 1. The second-order valence-corrected chi connectivity index (χ2v) is 5.91. The molecule has 0 bridgehead atoms. The maximum atomic E-state index is 13.5. The number of nitrogens with zero attached hydrogens (tertiary/aromatic N) is 1. The van der Waals surface area contributed by atoms with Crippen molar-refractivity contribution in [2.24, 2.45) is 0 Å². The van der Waals surface area contributed by atoms with Crippen LogP contribution in [0.5, 0.6) is 0 Å². The highest BCUT2D eigenvalue weighted by molar-refractivity contribution is 7.89. The van der Waals surface area contributed by atoms with Crippen LogP contribution in [0.4, 0.5) is 10.1 Å². The molecule has 2 aromatic rings. The van der Waals surface area contributed by atoms with Crippen LogP contribution < -0.4 is 4.72 Å². The van der Waals surface area contributed by atoms with Gasteiger partial charge in [0.15, 0.2) is 0 Å². The van der Waals surface area contributed by atoms with E-state index >= 15 is 0 Å². The third-order valence-electron chi connectivity index (χ3n) is 2.74. The lowest BCUT2D eigenvalue weighted by Crippen LogP contribution is -2.24. The minimum atomic E-state index is -3.97. The summed E-state index contributed by atoms with van der Waals surface area (Å²) < 4.78 is 39.6. The Morgan fingerprint density at radius 2 is 1.71 bits per heavy atom. The molecule has 0 atom stereocenters. The Balaban J connectivity index is 2.12. The van der Waals surface area contributed by atoms with E-state index in [1.54, 1.807) is 0 Å². The Hall–Kier alpha value is -2.32. The summed E-state index contributed by atoms with van der Waals surface area (Å²) >= 11 is 0. The van der Waals surface area contributed by atoms with Crippen LogP contribution in [0.3, 0.4) is 0 Å². The van der Waals surface area contributed by atoms with Gasteiger partial charge in [0.1, 0.15) is 10.7 Å². The molecule has 0 fully saturated rings. The van der Waals surface area contributed by atoms with Gasteiger partial charge < -0.3 is 0 Å². The lowest BCUT2D eigenvalue weighted by molar-refractivity contribution is -0.384. The first-order valence-electron chi connectivity index (χ1n) is 5.88. The number of sulfonamides is 1. The number of benzene rings is 2. The molecule has 0 spiro atoms. The second kappa shape index (κ2) is 5.98. The predicted octanol–water partition coefficient (Wildman–Crippen LogP) is 2.21. The van der Waals surface area contributed by atoms with Crippen molar-refractivity contribution in [2.45, 2.75) is 11.4 Å². The predicted molar refractivity (Wildman–Crippen MR) is 73.5 cm³/mol. The summed E-state index contributed by atoms with van der Waals surface area (Å²) in [5.41, 5.74) is 0.441. The van der Waals surface area contributed by atoms with Gasteiger partial charge in [-0.25, -0.2) is 17.5 Å². The van der Waals surface area contributed by atoms with Crippen LogP contribution in [0.15, 0.2) is 53.4 Å². The molecule has 0 heterocycles. The molecule has 0 aliphatic carbocycles. The molecule has 8 heteroatoms. The number of halogens is 1. The van der Waals surface area contributed by atoms with Crippen molar-refractivity contribution in [3.63, 3.8) is 0 Å². The van der Waals surface area contributed by atoms with E-state index in [0.717, 1.165) is 12.1 Å². The van der Waals surface area contributed by atoms with Crippen molar-refractivity contribution in [1.29, 1.82) is 0 Å². The third-order valence-corrected chi connectivity index (χ3v) is 4.17. The normalized spacial score (nSPS) is 11.3. The monoisotopic (exact) mass is 310 g/mol. The molecule has 0 aliphatic rings. The molecule has 0 radical (unpaired) electrons. The molecular weight excluding hydrogens is 299 g/mol. The van der Waals surface area contributed by atoms with E-state index in [4.69, 9.17) is 0 Å². The van der Waals surface area contributed by atoms with Crippen LogP contribution in [-0.4, -0.2) is 13.3 Å². The highest BCUT2D eigenvalue weighted by Crippen LogP contribution is 2.15. The Morgan fingerprint density at radius 3 is 2.29 bits per heavy atom. The van der Waals surface area contributed by atoms with Crippen LogP contribution in [0.1, 0.15) is 5.56 Å². The van der Waals surface area contributed by atoms with Crippen molar-refractivity contribution < 1.29 is 17.7 Å². The number of rotatable bonds is 5. The Bertz CT molecular complexity index is 760. The maximum absolute atomic E-state index is 13.5. The van der Waals surface area contributed by atoms with E-state index in [9.17, 15) is 22.9 Å². The van der Waals surface area contributed by atoms with Crippen LogP contribution in [0, 0.1) is 15.9 Å². The van der Waals surface area contributed by atoms with Gasteiger partial charge in [-0.3, -0.25) is 10.1 Å². The Morgan fingerprint density at radius 1 is 1.10 bits per heavy atom. The lowest BCUT2D eigenvalue weighted by atomic mass is 10.2. The molecular formula is C13H11FN2O4S. The molecule has 0 aromatic heterocycles. The zero-order valence-electron chi connectivity index (χ0n) is 10.7. The summed E-state index contributed by atoms with van der Waals surface area (Å²) in [7, 11) is -3.97. The summed E-state index contributed by atoms with van der Waals surface area (Å²) in [6.45, 7) is -0.0886. The molecule has 0 saturated heterocycles. The van der Waals surface area contributed by atoms with Gasteiger partial charge in [0.25, 0.3) is 5.69 Å². The number of nitro groups is 1. The minimum absolute atomic E-state index is 0.0873. The molecule has 6 nitrogen and oxygen atoms in total. The summed E-state index contributed by atoms with van der Waals surface area (Å²) in [6.07, 6.45) is 0. The van der Waals surface area contributed by atoms with Crippen molar-refractivity contribution >= 4 is 15.7 Å². The van der Waals surface area contributed by atoms with Gasteiger partial charge in [0, 0.05) is 18.7 Å². The van der Waals surface area contributed by atoms with E-state index in [0.29, 0.717) is 5.56 Å². The highest BCUT2D eigenvalue weighted by atomic mass is 32.2. The number of nitrogens with one attached hydrogen (secondary N) is 1. The number of nitro benzene ring substituents is 1. The SMILES string of the molecule is O=[N+]([O-])c1ccc(CNS(=O)(=O)c2ccccc2F)cc1. The van der Waals surface area contributed by atoms with Gasteiger partial charge in [-0.2, -0.15) is 0 Å². The number of hydrogen-bond acceptors (Lipinski definition) is 4. The third kappa shape index (κ3) is 3.61. The molecule has 0 amide bonds. The summed E-state index contributed by atoms with van der Waals surface area (Å²) in [5, 5.41) is 10.5. The zero-order chi connectivity index (χ0) is 15.5. The van der Waals surface area contributed by atoms with Crippen molar-refractivity contribution in [3.8, 4) is 0 Å². The summed E-state index contributed by atoms with van der Waals surface area (Å²) in [6, 6.07) is 10.4. The average molecular weight is 310 g/mol. The summed E-state index contributed by atoms with van der Waals surface area (Å²) in [4.78, 5) is 9.52. The first-order valence-corrected chi connectivity index (χ1v) is 7.36. The van der Waals surface area contributed by atoms with Gasteiger partial charge >= 0.3 is 0 Å². The van der Waals surface area contributed by atoms with Crippen LogP contribution in [0.2, 0.25) is 0 Å². The first kappa shape index (κ1) is 15.1. The zero-order valence-corrected chi connectivity index (χ0v) is 11.5. The Labute approximate surface area is 120 Å².